The summed E-state index contributed by atoms with van der Waals surface area (Å²) in [4.78, 5) is 23.7. The van der Waals surface area contributed by atoms with Crippen LogP contribution in [0.5, 0.6) is 0 Å². The number of rotatable bonds is 5. The number of fused-ring (bicyclic) bond motifs is 4. The van der Waals surface area contributed by atoms with Crippen molar-refractivity contribution < 1.29 is 14.8 Å². The fourth-order valence-corrected chi connectivity index (χ4v) is 7.89. The predicted octanol–water partition coefficient (Wildman–Crippen LogP) is 7.48. The molecule has 1 heterocycles. The molecule has 0 saturated heterocycles. The summed E-state index contributed by atoms with van der Waals surface area (Å²) < 4.78 is 0. The highest BCUT2D eigenvalue weighted by Crippen LogP contribution is 2.58. The molecule has 0 bridgehead atoms. The van der Waals surface area contributed by atoms with Crippen LogP contribution in [0.15, 0.2) is 89.8 Å². The van der Waals surface area contributed by atoms with E-state index in [1.165, 1.54) is 23.4 Å². The molecule has 0 radical (unpaired) electrons. The molecule has 1 aliphatic carbocycles. The van der Waals surface area contributed by atoms with Crippen molar-refractivity contribution in [3.05, 3.63) is 112 Å². The molecule has 0 amide bonds. The topological polar surface area (TPSA) is 92.5 Å². The third-order valence-corrected chi connectivity index (χ3v) is 9.67. The number of nitro benzene ring substituents is 1. The van der Waals surface area contributed by atoms with Gasteiger partial charge in [-0.25, -0.2) is 4.79 Å². The van der Waals surface area contributed by atoms with Gasteiger partial charge < -0.3 is 10.4 Å². The van der Waals surface area contributed by atoms with Crippen molar-refractivity contribution in [2.45, 2.75) is 33.9 Å². The fourth-order valence-electron chi connectivity index (χ4n) is 5.95. The number of carbonyl (C=O) groups is 1. The van der Waals surface area contributed by atoms with E-state index in [4.69, 9.17) is 11.6 Å². The zero-order chi connectivity index (χ0) is 25.7. The molecule has 37 heavy (non-hydrogen) atoms. The summed E-state index contributed by atoms with van der Waals surface area (Å²) in [6.07, 6.45) is 0.729. The predicted molar refractivity (Wildman–Crippen MR) is 147 cm³/mol. The molecular formula is C29H23ClN2O4S. The number of nitrogens with one attached hydrogen (secondary N) is 1. The normalized spacial score (nSPS) is 24.2. The van der Waals surface area contributed by atoms with Crippen LogP contribution in [0.25, 0.3) is 10.8 Å². The van der Waals surface area contributed by atoms with E-state index < -0.39 is 5.97 Å². The molecule has 186 valence electrons. The van der Waals surface area contributed by atoms with Gasteiger partial charge in [0.25, 0.3) is 5.69 Å². The van der Waals surface area contributed by atoms with Gasteiger partial charge in [0.2, 0.25) is 0 Å². The van der Waals surface area contributed by atoms with Gasteiger partial charge in [-0.05, 0) is 58.5 Å². The summed E-state index contributed by atoms with van der Waals surface area (Å²) in [5, 5.41) is 26.9. The maximum Gasteiger partial charge on any atom is 0.335 e. The van der Waals surface area contributed by atoms with Crippen LogP contribution in [0.4, 0.5) is 11.4 Å². The number of hydrogen-bond donors (Lipinski definition) is 2. The smallest absolute Gasteiger partial charge is 0.335 e. The third kappa shape index (κ3) is 4.12. The SMILES string of the molecule is O=C(O)c1ccc2c(c1)[C@@H]1[C@H](Cl)[C@H](Sc3ccccc3[N+](=O)[O-])C[C@H]1[C@@H](c1cccc3ccccc13)N2. The molecule has 4 aromatic rings. The maximum atomic E-state index is 11.8. The molecule has 1 saturated carbocycles. The zero-order valence-corrected chi connectivity index (χ0v) is 21.2. The van der Waals surface area contributed by atoms with Crippen molar-refractivity contribution in [3.8, 4) is 0 Å². The van der Waals surface area contributed by atoms with E-state index in [0.29, 0.717) is 4.90 Å². The average molecular weight is 531 g/mol. The van der Waals surface area contributed by atoms with Crippen molar-refractivity contribution in [2.75, 3.05) is 5.32 Å². The van der Waals surface area contributed by atoms with Crippen LogP contribution >= 0.6 is 23.4 Å². The molecule has 2 N–H and O–H groups in total. The number of nitrogens with zero attached hydrogens (tertiary/aromatic N) is 1. The molecule has 6 nitrogen and oxygen atoms in total. The second-order valence-corrected chi connectivity index (χ2v) is 11.3. The van der Waals surface area contributed by atoms with E-state index in [2.05, 4.69) is 35.6 Å². The number of nitro groups is 1. The molecule has 1 fully saturated rings. The van der Waals surface area contributed by atoms with Gasteiger partial charge in [-0.2, -0.15) is 0 Å². The fraction of sp³-hybridized carbons (Fsp3) is 0.207. The Labute approximate surface area is 222 Å². The summed E-state index contributed by atoms with van der Waals surface area (Å²) in [6, 6.07) is 26.5. The number of benzene rings is 4. The van der Waals surface area contributed by atoms with Crippen LogP contribution in [0.1, 0.15) is 39.9 Å². The summed E-state index contributed by atoms with van der Waals surface area (Å²) >= 11 is 8.65. The van der Waals surface area contributed by atoms with Crippen molar-refractivity contribution >= 4 is 51.5 Å². The molecule has 6 rings (SSSR count). The van der Waals surface area contributed by atoms with Gasteiger partial charge in [-0.1, -0.05) is 54.6 Å². The molecule has 0 spiro atoms. The lowest BCUT2D eigenvalue weighted by Gasteiger charge is -2.39. The van der Waals surface area contributed by atoms with Gasteiger partial charge in [0, 0.05) is 22.9 Å². The van der Waals surface area contributed by atoms with Gasteiger partial charge in [0.15, 0.2) is 0 Å². The van der Waals surface area contributed by atoms with Crippen LogP contribution < -0.4 is 5.32 Å². The minimum atomic E-state index is -0.981. The van der Waals surface area contributed by atoms with Gasteiger partial charge in [0.1, 0.15) is 0 Å². The second kappa shape index (κ2) is 9.39. The van der Waals surface area contributed by atoms with Crippen LogP contribution in [-0.4, -0.2) is 26.6 Å². The first-order valence-corrected chi connectivity index (χ1v) is 13.4. The molecule has 0 unspecified atom stereocenters. The monoisotopic (exact) mass is 530 g/mol. The van der Waals surface area contributed by atoms with Crippen molar-refractivity contribution in [3.63, 3.8) is 0 Å². The number of thioether (sulfide) groups is 1. The van der Waals surface area contributed by atoms with E-state index in [9.17, 15) is 20.0 Å². The first kappa shape index (κ1) is 23.8. The lowest BCUT2D eigenvalue weighted by molar-refractivity contribution is -0.387. The third-order valence-electron chi connectivity index (χ3n) is 7.56. The van der Waals surface area contributed by atoms with Gasteiger partial charge in [-0.3, -0.25) is 10.1 Å². The summed E-state index contributed by atoms with van der Waals surface area (Å²) in [5.41, 5.74) is 3.24. The Morgan fingerprint density at radius 1 is 1.00 bits per heavy atom. The van der Waals surface area contributed by atoms with Crippen molar-refractivity contribution in [1.29, 1.82) is 0 Å². The Kier molecular flexibility index (Phi) is 6.05. The summed E-state index contributed by atoms with van der Waals surface area (Å²) in [5.74, 6) is -1.02. The van der Waals surface area contributed by atoms with Crippen molar-refractivity contribution in [1.82, 2.24) is 0 Å². The van der Waals surface area contributed by atoms with Gasteiger partial charge in [0.05, 0.1) is 26.8 Å². The Bertz CT molecular complexity index is 1540. The largest absolute Gasteiger partial charge is 0.478 e. The number of anilines is 1. The van der Waals surface area contributed by atoms with E-state index in [0.717, 1.165) is 28.4 Å². The molecule has 2 aliphatic rings. The standard InChI is InChI=1S/C29H23ClN2O4S/c30-27-25(37-24-11-4-3-10-23(24)32(35)36)15-21-26(27)20-14-17(29(33)34)12-13-22(20)31-28(21)19-9-5-7-16-6-1-2-8-18(16)19/h1-14,21,25-28,31H,15H2,(H,33,34)/t21-,25-,26+,27-,28-/m1/s1. The number of carboxylic acids is 1. The quantitative estimate of drug-likeness (QED) is 0.158. The van der Waals surface area contributed by atoms with E-state index >= 15 is 0 Å². The minimum Gasteiger partial charge on any atom is -0.478 e. The molecule has 1 aliphatic heterocycles. The number of halogens is 1. The number of para-hydroxylation sites is 1. The van der Waals surface area contributed by atoms with Crippen LogP contribution in [0.3, 0.4) is 0 Å². The summed E-state index contributed by atoms with van der Waals surface area (Å²) in [6.45, 7) is 0. The number of aromatic carboxylic acids is 1. The molecular weight excluding hydrogens is 508 g/mol. The Hall–Kier alpha value is -3.55. The van der Waals surface area contributed by atoms with E-state index in [-0.39, 0.29) is 44.7 Å². The lowest BCUT2D eigenvalue weighted by Crippen LogP contribution is -2.31. The minimum absolute atomic E-state index is 0.0445. The summed E-state index contributed by atoms with van der Waals surface area (Å²) in [7, 11) is 0. The number of alkyl halides is 1. The molecule has 4 aromatic carbocycles. The zero-order valence-electron chi connectivity index (χ0n) is 19.6. The molecule has 8 heteroatoms. The van der Waals surface area contributed by atoms with E-state index in [1.807, 2.05) is 18.2 Å². The second-order valence-electron chi connectivity index (χ2n) is 9.55. The number of hydrogen-bond acceptors (Lipinski definition) is 5. The lowest BCUT2D eigenvalue weighted by atomic mass is 9.76. The van der Waals surface area contributed by atoms with Crippen LogP contribution in [-0.2, 0) is 0 Å². The Morgan fingerprint density at radius 3 is 2.57 bits per heavy atom. The van der Waals surface area contributed by atoms with Gasteiger partial charge in [-0.15, -0.1) is 23.4 Å². The van der Waals surface area contributed by atoms with Gasteiger partial charge >= 0.3 is 5.97 Å². The molecule has 0 aromatic heterocycles. The van der Waals surface area contributed by atoms with E-state index in [1.54, 1.807) is 30.3 Å². The Morgan fingerprint density at radius 2 is 1.76 bits per heavy atom. The average Bonchev–Trinajstić information content (AvgIpc) is 3.23. The maximum absolute atomic E-state index is 11.8. The van der Waals surface area contributed by atoms with Crippen molar-refractivity contribution in [2.24, 2.45) is 5.92 Å². The molecule has 5 atom stereocenters. The van der Waals surface area contributed by atoms with Crippen LogP contribution in [0, 0.1) is 16.0 Å². The first-order chi connectivity index (χ1) is 17.9. The number of carboxylic acid groups (broad SMARTS) is 1. The highest BCUT2D eigenvalue weighted by molar-refractivity contribution is 8.00. The highest BCUT2D eigenvalue weighted by atomic mass is 35.5. The van der Waals surface area contributed by atoms with Crippen LogP contribution in [0.2, 0.25) is 0 Å². The Balaban J connectivity index is 1.46. The first-order valence-electron chi connectivity index (χ1n) is 12.1. The highest BCUT2D eigenvalue weighted by Gasteiger charge is 2.50.